The van der Waals surface area contributed by atoms with E-state index in [1.807, 2.05) is 0 Å². The molecule has 0 saturated heterocycles. The molecule has 1 fully saturated rings. The molecular formula is C13H18BrFN2. The van der Waals surface area contributed by atoms with Crippen molar-refractivity contribution in [1.29, 1.82) is 0 Å². The molecule has 0 radical (unpaired) electrons. The quantitative estimate of drug-likeness (QED) is 0.882. The summed E-state index contributed by atoms with van der Waals surface area (Å²) < 4.78 is 14.6. The van der Waals surface area contributed by atoms with Crippen LogP contribution in [0.15, 0.2) is 22.7 Å². The van der Waals surface area contributed by atoms with E-state index in [4.69, 9.17) is 11.5 Å². The van der Waals surface area contributed by atoms with Crippen molar-refractivity contribution < 1.29 is 4.39 Å². The van der Waals surface area contributed by atoms with Gasteiger partial charge in [-0.3, -0.25) is 0 Å². The molecular weight excluding hydrogens is 283 g/mol. The molecule has 0 heterocycles. The first kappa shape index (κ1) is 13.0. The summed E-state index contributed by atoms with van der Waals surface area (Å²) in [5, 5.41) is 0. The molecule has 0 aliphatic heterocycles. The number of hydrogen-bond donors (Lipinski definition) is 2. The summed E-state index contributed by atoms with van der Waals surface area (Å²) in [6.45, 7) is 0. The van der Waals surface area contributed by atoms with Gasteiger partial charge in [0, 0.05) is 22.1 Å². The van der Waals surface area contributed by atoms with Crippen LogP contribution in [0.3, 0.4) is 0 Å². The van der Waals surface area contributed by atoms with Crippen LogP contribution in [-0.4, -0.2) is 6.04 Å². The molecule has 0 amide bonds. The van der Waals surface area contributed by atoms with E-state index >= 15 is 0 Å². The van der Waals surface area contributed by atoms with E-state index < -0.39 is 0 Å². The van der Waals surface area contributed by atoms with Gasteiger partial charge in [-0.25, -0.2) is 4.39 Å². The predicted molar refractivity (Wildman–Crippen MR) is 71.0 cm³/mol. The molecule has 4 N–H and O–H groups in total. The number of rotatable bonds is 2. The van der Waals surface area contributed by atoms with E-state index in [1.165, 1.54) is 6.07 Å². The third kappa shape index (κ3) is 3.06. The summed E-state index contributed by atoms with van der Waals surface area (Å²) in [5.74, 6) is 0.133. The third-order valence-electron chi connectivity index (χ3n) is 3.64. The van der Waals surface area contributed by atoms with Crippen LogP contribution in [0.4, 0.5) is 4.39 Å². The van der Waals surface area contributed by atoms with Gasteiger partial charge < -0.3 is 11.5 Å². The Labute approximate surface area is 110 Å². The second-order valence-electron chi connectivity index (χ2n) is 4.87. The van der Waals surface area contributed by atoms with Gasteiger partial charge in [-0.15, -0.1) is 0 Å². The number of halogens is 2. The van der Waals surface area contributed by atoms with Crippen molar-refractivity contribution in [3.05, 3.63) is 34.1 Å². The normalized spacial score (nSPS) is 26.8. The minimum atomic E-state index is -0.222. The second kappa shape index (κ2) is 5.46. The molecule has 1 aliphatic rings. The Bertz CT molecular complexity index is 389. The fraction of sp³-hybridized carbons (Fsp3) is 0.538. The smallest absolute Gasteiger partial charge is 0.128 e. The molecule has 1 saturated carbocycles. The predicted octanol–water partition coefficient (Wildman–Crippen LogP) is 3.11. The fourth-order valence-electron chi connectivity index (χ4n) is 2.53. The van der Waals surface area contributed by atoms with Crippen LogP contribution in [0.2, 0.25) is 0 Å². The van der Waals surface area contributed by atoms with Crippen molar-refractivity contribution in [2.24, 2.45) is 17.4 Å². The van der Waals surface area contributed by atoms with Crippen LogP contribution in [0.5, 0.6) is 0 Å². The van der Waals surface area contributed by atoms with Gasteiger partial charge in [0.05, 0.1) is 0 Å². The van der Waals surface area contributed by atoms with Gasteiger partial charge in [0.1, 0.15) is 5.82 Å². The molecule has 4 heteroatoms. The molecule has 1 atom stereocenters. The van der Waals surface area contributed by atoms with Crippen LogP contribution < -0.4 is 11.5 Å². The zero-order valence-electron chi connectivity index (χ0n) is 9.70. The number of hydrogen-bond acceptors (Lipinski definition) is 2. The fourth-order valence-corrected chi connectivity index (χ4v) is 2.91. The van der Waals surface area contributed by atoms with Crippen molar-refractivity contribution in [3.63, 3.8) is 0 Å². The average molecular weight is 301 g/mol. The van der Waals surface area contributed by atoms with Crippen LogP contribution in [0.25, 0.3) is 0 Å². The number of nitrogens with two attached hydrogens (primary N) is 2. The summed E-state index contributed by atoms with van der Waals surface area (Å²) in [6, 6.07) is 5.02. The zero-order chi connectivity index (χ0) is 12.4. The van der Waals surface area contributed by atoms with E-state index in [1.54, 1.807) is 12.1 Å². The highest BCUT2D eigenvalue weighted by molar-refractivity contribution is 9.10. The lowest BCUT2D eigenvalue weighted by molar-refractivity contribution is 0.281. The first-order chi connectivity index (χ1) is 8.08. The zero-order valence-corrected chi connectivity index (χ0v) is 11.3. The van der Waals surface area contributed by atoms with Crippen molar-refractivity contribution in [2.75, 3.05) is 0 Å². The summed E-state index contributed by atoms with van der Waals surface area (Å²) in [4.78, 5) is 0. The minimum absolute atomic E-state index is 0.212. The van der Waals surface area contributed by atoms with Crippen molar-refractivity contribution in [2.45, 2.75) is 37.8 Å². The maximum absolute atomic E-state index is 13.7. The Balaban J connectivity index is 2.13. The summed E-state index contributed by atoms with van der Waals surface area (Å²) in [5.41, 5.74) is 12.7. The Morgan fingerprint density at radius 3 is 2.53 bits per heavy atom. The SMILES string of the molecule is NC1CCC(C(N)c2cc(Br)ccc2F)CC1. The Kier molecular flexibility index (Phi) is 4.17. The van der Waals surface area contributed by atoms with Crippen LogP contribution in [0.1, 0.15) is 37.3 Å². The second-order valence-corrected chi connectivity index (χ2v) is 5.78. The Morgan fingerprint density at radius 1 is 1.24 bits per heavy atom. The molecule has 94 valence electrons. The van der Waals surface area contributed by atoms with Gasteiger partial charge in [-0.1, -0.05) is 15.9 Å². The van der Waals surface area contributed by atoms with Gasteiger partial charge in [0.25, 0.3) is 0 Å². The van der Waals surface area contributed by atoms with Crippen molar-refractivity contribution in [3.8, 4) is 0 Å². The van der Waals surface area contributed by atoms with Crippen molar-refractivity contribution in [1.82, 2.24) is 0 Å². The van der Waals surface area contributed by atoms with Gasteiger partial charge in [0.15, 0.2) is 0 Å². The van der Waals surface area contributed by atoms with Crippen LogP contribution in [-0.2, 0) is 0 Å². The van der Waals surface area contributed by atoms with Gasteiger partial charge in [0.2, 0.25) is 0 Å². The molecule has 1 aliphatic carbocycles. The Morgan fingerprint density at radius 2 is 1.88 bits per heavy atom. The highest BCUT2D eigenvalue weighted by atomic mass is 79.9. The van der Waals surface area contributed by atoms with Gasteiger partial charge in [-0.2, -0.15) is 0 Å². The molecule has 2 nitrogen and oxygen atoms in total. The third-order valence-corrected chi connectivity index (χ3v) is 4.13. The topological polar surface area (TPSA) is 52.0 Å². The van der Waals surface area contributed by atoms with Crippen molar-refractivity contribution >= 4 is 15.9 Å². The Hall–Kier alpha value is -0.450. The lowest BCUT2D eigenvalue weighted by Gasteiger charge is -2.30. The largest absolute Gasteiger partial charge is 0.328 e. The number of benzene rings is 1. The highest BCUT2D eigenvalue weighted by Gasteiger charge is 2.26. The van der Waals surface area contributed by atoms with E-state index in [9.17, 15) is 4.39 Å². The molecule has 1 aromatic carbocycles. The van der Waals surface area contributed by atoms with E-state index in [0.717, 1.165) is 30.2 Å². The molecule has 2 rings (SSSR count). The van der Waals surface area contributed by atoms with Gasteiger partial charge in [-0.05, 0) is 49.8 Å². The van der Waals surface area contributed by atoms with Gasteiger partial charge >= 0.3 is 0 Å². The summed E-state index contributed by atoms with van der Waals surface area (Å²) in [7, 11) is 0. The van der Waals surface area contributed by atoms with E-state index in [0.29, 0.717) is 17.5 Å². The maximum atomic E-state index is 13.7. The first-order valence-electron chi connectivity index (χ1n) is 6.04. The summed E-state index contributed by atoms with van der Waals surface area (Å²) >= 11 is 3.36. The maximum Gasteiger partial charge on any atom is 0.128 e. The van der Waals surface area contributed by atoms with E-state index in [2.05, 4.69) is 15.9 Å². The highest BCUT2D eigenvalue weighted by Crippen LogP contribution is 2.34. The standard InChI is InChI=1S/C13H18BrFN2/c14-9-3-6-12(15)11(7-9)13(17)8-1-4-10(16)5-2-8/h3,6-8,10,13H,1-2,4-5,16-17H2. The monoisotopic (exact) mass is 300 g/mol. The molecule has 17 heavy (non-hydrogen) atoms. The summed E-state index contributed by atoms with van der Waals surface area (Å²) in [6.07, 6.45) is 3.98. The average Bonchev–Trinajstić information content (AvgIpc) is 2.32. The molecule has 1 aromatic rings. The van der Waals surface area contributed by atoms with E-state index in [-0.39, 0.29) is 11.9 Å². The van der Waals surface area contributed by atoms with Crippen LogP contribution >= 0.6 is 15.9 Å². The molecule has 0 spiro atoms. The lowest BCUT2D eigenvalue weighted by Crippen LogP contribution is -2.32. The van der Waals surface area contributed by atoms with Crippen LogP contribution in [0, 0.1) is 11.7 Å². The minimum Gasteiger partial charge on any atom is -0.328 e. The first-order valence-corrected chi connectivity index (χ1v) is 6.83. The lowest BCUT2D eigenvalue weighted by atomic mass is 9.80. The molecule has 0 bridgehead atoms. The molecule has 1 unspecified atom stereocenters. The molecule has 0 aromatic heterocycles.